The smallest absolute Gasteiger partial charge is 0.255 e. The summed E-state index contributed by atoms with van der Waals surface area (Å²) in [7, 11) is 1.63. The number of hydrogen-bond donors (Lipinski definition) is 1. The number of benzene rings is 1. The Hall–Kier alpha value is -1.90. The Morgan fingerprint density at radius 2 is 2.06 bits per heavy atom. The number of nitrogens with one attached hydrogen (secondary N) is 1. The van der Waals surface area contributed by atoms with Gasteiger partial charge in [0.15, 0.2) is 0 Å². The summed E-state index contributed by atoms with van der Waals surface area (Å²) in [6.45, 7) is 7.24. The van der Waals surface area contributed by atoms with Crippen LogP contribution in [0.15, 0.2) is 48.9 Å². The highest BCUT2D eigenvalue weighted by molar-refractivity contribution is 9.11. The lowest BCUT2D eigenvalue weighted by Gasteiger charge is -2.33. The number of hydrogen-bond acceptors (Lipinski definition) is 5. The van der Waals surface area contributed by atoms with E-state index in [-0.39, 0.29) is 11.3 Å². The molecule has 0 unspecified atom stereocenters. The highest BCUT2D eigenvalue weighted by atomic mass is 79.9. The van der Waals surface area contributed by atoms with Gasteiger partial charge in [0.2, 0.25) is 0 Å². The van der Waals surface area contributed by atoms with Crippen molar-refractivity contribution in [2.75, 3.05) is 7.11 Å². The normalized spacial score (nSPS) is 16.0. The molecule has 1 aliphatic carbocycles. The molecule has 3 aromatic rings. The van der Waals surface area contributed by atoms with Gasteiger partial charge in [-0.1, -0.05) is 20.8 Å². The summed E-state index contributed by atoms with van der Waals surface area (Å²) in [5.41, 5.74) is 2.98. The molecule has 180 valence electrons. The third-order valence-corrected chi connectivity index (χ3v) is 8.60. The zero-order valence-corrected chi connectivity index (χ0v) is 23.7. The molecule has 0 radical (unpaired) electrons. The maximum Gasteiger partial charge on any atom is 0.255 e. The lowest BCUT2D eigenvalue weighted by Crippen LogP contribution is -2.28. The van der Waals surface area contributed by atoms with Crippen LogP contribution in [-0.2, 0) is 19.4 Å². The SMILES string of the molecule is COc1c(Br)cc(C=Nc2sc3c(c2C(=O)NCc2ccco2)CC[C@H](C(C)(C)C)C3)cc1Br. The minimum Gasteiger partial charge on any atom is -0.494 e. The Morgan fingerprint density at radius 3 is 2.68 bits per heavy atom. The van der Waals surface area contributed by atoms with Crippen LogP contribution in [0.2, 0.25) is 0 Å². The number of rotatable bonds is 6. The number of carbonyl (C=O) groups is 1. The zero-order valence-electron chi connectivity index (χ0n) is 19.7. The predicted octanol–water partition coefficient (Wildman–Crippen LogP) is 7.71. The number of furan rings is 1. The van der Waals surface area contributed by atoms with E-state index in [1.165, 1.54) is 4.88 Å². The Kier molecular flexibility index (Phi) is 7.69. The Bertz CT molecular complexity index is 1190. The van der Waals surface area contributed by atoms with Crippen molar-refractivity contribution >= 4 is 60.3 Å². The van der Waals surface area contributed by atoms with E-state index >= 15 is 0 Å². The Morgan fingerprint density at radius 1 is 1.32 bits per heavy atom. The number of amides is 1. The fourth-order valence-corrected chi connectivity index (χ4v) is 7.10. The van der Waals surface area contributed by atoms with E-state index in [1.807, 2.05) is 24.3 Å². The van der Waals surface area contributed by atoms with Crippen LogP contribution in [0.25, 0.3) is 0 Å². The van der Waals surface area contributed by atoms with Crippen LogP contribution in [-0.4, -0.2) is 19.2 Å². The second kappa shape index (κ2) is 10.4. The molecule has 4 rings (SSSR count). The summed E-state index contributed by atoms with van der Waals surface area (Å²) in [6, 6.07) is 7.58. The molecule has 1 aliphatic rings. The fourth-order valence-electron chi connectivity index (χ4n) is 4.29. The number of fused-ring (bicyclic) bond motifs is 1. The fraction of sp³-hybridized carbons (Fsp3) is 0.385. The Balaban J connectivity index is 1.67. The van der Waals surface area contributed by atoms with Crippen molar-refractivity contribution in [1.82, 2.24) is 5.32 Å². The number of thiophene rings is 1. The molecular formula is C26H28Br2N2O3S. The van der Waals surface area contributed by atoms with Gasteiger partial charge in [-0.15, -0.1) is 11.3 Å². The quantitative estimate of drug-likeness (QED) is 0.292. The second-order valence-corrected chi connectivity index (χ2v) is 12.3. The van der Waals surface area contributed by atoms with Gasteiger partial charge in [0, 0.05) is 11.1 Å². The molecule has 5 nitrogen and oxygen atoms in total. The number of carbonyl (C=O) groups excluding carboxylic acids is 1. The summed E-state index contributed by atoms with van der Waals surface area (Å²) in [6.07, 6.45) is 6.37. The third kappa shape index (κ3) is 5.50. The lowest BCUT2D eigenvalue weighted by atomic mass is 9.72. The van der Waals surface area contributed by atoms with Gasteiger partial charge in [-0.05, 0) is 97.8 Å². The summed E-state index contributed by atoms with van der Waals surface area (Å²) in [4.78, 5) is 19.4. The second-order valence-electron chi connectivity index (χ2n) is 9.53. The van der Waals surface area contributed by atoms with Crippen molar-refractivity contribution in [3.8, 4) is 5.75 Å². The van der Waals surface area contributed by atoms with Crippen LogP contribution >= 0.6 is 43.2 Å². The summed E-state index contributed by atoms with van der Waals surface area (Å²) < 4.78 is 12.4. The molecule has 0 bridgehead atoms. The van der Waals surface area contributed by atoms with E-state index < -0.39 is 0 Å². The molecule has 1 amide bonds. The molecule has 0 aliphatic heterocycles. The summed E-state index contributed by atoms with van der Waals surface area (Å²) in [5, 5.41) is 3.77. The van der Waals surface area contributed by atoms with E-state index in [9.17, 15) is 4.79 Å². The van der Waals surface area contributed by atoms with Crippen LogP contribution in [0.3, 0.4) is 0 Å². The van der Waals surface area contributed by atoms with Crippen molar-refractivity contribution in [3.63, 3.8) is 0 Å². The first kappa shape index (κ1) is 25.2. The number of ether oxygens (including phenoxy) is 1. The number of nitrogens with zero attached hydrogens (tertiary/aromatic N) is 1. The van der Waals surface area contributed by atoms with Crippen molar-refractivity contribution in [1.29, 1.82) is 0 Å². The first-order chi connectivity index (χ1) is 16.2. The zero-order chi connectivity index (χ0) is 24.5. The van der Waals surface area contributed by atoms with Gasteiger partial charge in [-0.2, -0.15) is 0 Å². The topological polar surface area (TPSA) is 63.8 Å². The highest BCUT2D eigenvalue weighted by Gasteiger charge is 2.33. The first-order valence-corrected chi connectivity index (χ1v) is 13.6. The molecule has 1 aromatic carbocycles. The average Bonchev–Trinajstić information content (AvgIpc) is 3.42. The molecule has 0 fully saturated rings. The van der Waals surface area contributed by atoms with E-state index in [1.54, 1.807) is 30.9 Å². The Labute approximate surface area is 221 Å². The van der Waals surface area contributed by atoms with Crippen LogP contribution in [0.5, 0.6) is 5.75 Å². The molecule has 0 spiro atoms. The van der Waals surface area contributed by atoms with Crippen molar-refractivity contribution in [2.45, 2.75) is 46.6 Å². The molecule has 1 N–H and O–H groups in total. The van der Waals surface area contributed by atoms with Crippen LogP contribution in [0, 0.1) is 11.3 Å². The first-order valence-electron chi connectivity index (χ1n) is 11.2. The molecule has 0 saturated carbocycles. The lowest BCUT2D eigenvalue weighted by molar-refractivity contribution is 0.0947. The average molecular weight is 608 g/mol. The largest absolute Gasteiger partial charge is 0.494 e. The summed E-state index contributed by atoms with van der Waals surface area (Å²) >= 11 is 8.73. The molecular weight excluding hydrogens is 580 g/mol. The monoisotopic (exact) mass is 606 g/mol. The predicted molar refractivity (Wildman–Crippen MR) is 145 cm³/mol. The number of halogens is 2. The molecule has 2 aromatic heterocycles. The maximum atomic E-state index is 13.3. The molecule has 2 heterocycles. The van der Waals surface area contributed by atoms with Gasteiger partial charge in [0.05, 0.1) is 34.4 Å². The minimum absolute atomic E-state index is 0.104. The van der Waals surface area contributed by atoms with Gasteiger partial charge < -0.3 is 14.5 Å². The molecule has 1 atom stereocenters. The molecule has 8 heteroatoms. The van der Waals surface area contributed by atoms with E-state index in [2.05, 4.69) is 57.9 Å². The minimum atomic E-state index is -0.104. The maximum absolute atomic E-state index is 13.3. The van der Waals surface area contributed by atoms with Gasteiger partial charge >= 0.3 is 0 Å². The van der Waals surface area contributed by atoms with Crippen LogP contribution in [0.1, 0.15) is 59.3 Å². The molecule has 0 saturated heterocycles. The van der Waals surface area contributed by atoms with Gasteiger partial charge in [0.25, 0.3) is 5.91 Å². The third-order valence-electron chi connectivity index (χ3n) is 6.26. The number of aliphatic imine (C=N–C) groups is 1. The van der Waals surface area contributed by atoms with Gasteiger partial charge in [-0.3, -0.25) is 4.79 Å². The molecule has 34 heavy (non-hydrogen) atoms. The van der Waals surface area contributed by atoms with Crippen LogP contribution in [0.4, 0.5) is 5.00 Å². The van der Waals surface area contributed by atoms with Crippen molar-refractivity contribution in [3.05, 3.63) is 66.8 Å². The summed E-state index contributed by atoms with van der Waals surface area (Å²) in [5.74, 6) is 1.94. The van der Waals surface area contributed by atoms with E-state index in [0.717, 1.165) is 55.8 Å². The van der Waals surface area contributed by atoms with Crippen molar-refractivity contribution < 1.29 is 13.9 Å². The van der Waals surface area contributed by atoms with Crippen LogP contribution < -0.4 is 10.1 Å². The standard InChI is InChI=1S/C26H28Br2N2O3S/c1-26(2,3)16-7-8-18-21(12-16)34-25(22(18)24(31)29-14-17-6-5-9-33-17)30-13-15-10-19(27)23(32-4)20(28)11-15/h5-6,9-11,13,16H,7-8,12,14H2,1-4H3,(H,29,31)/t16-/m0/s1. The van der Waals surface area contributed by atoms with E-state index in [0.29, 0.717) is 18.0 Å². The van der Waals surface area contributed by atoms with E-state index in [4.69, 9.17) is 14.1 Å². The van der Waals surface area contributed by atoms with Gasteiger partial charge in [0.1, 0.15) is 16.5 Å². The van der Waals surface area contributed by atoms with Gasteiger partial charge in [-0.25, -0.2) is 4.99 Å². The number of methoxy groups -OCH3 is 1. The highest BCUT2D eigenvalue weighted by Crippen LogP contribution is 2.45. The van der Waals surface area contributed by atoms with Crippen molar-refractivity contribution in [2.24, 2.45) is 16.3 Å².